The fourth-order valence-electron chi connectivity index (χ4n) is 2.91. The number of rotatable bonds is 5. The van der Waals surface area contributed by atoms with E-state index in [0.717, 1.165) is 22.9 Å². The summed E-state index contributed by atoms with van der Waals surface area (Å²) in [5.41, 5.74) is 2.73. The summed E-state index contributed by atoms with van der Waals surface area (Å²) >= 11 is 1.14. The van der Waals surface area contributed by atoms with E-state index in [1.807, 2.05) is 49.4 Å². The minimum absolute atomic E-state index is 0.119. The number of anilines is 1. The standard InChI is InChI=1S/C20H17N3O3S/c1-13-7-9-15(10-8-13)23-18(24)12-16(19(23)25)27-20-22-21-17(26-20)11-14-5-3-2-4-6-14/h2-10,16H,11-12H2,1H3. The molecule has 6 nitrogen and oxygen atoms in total. The molecule has 1 saturated heterocycles. The summed E-state index contributed by atoms with van der Waals surface area (Å²) in [6.45, 7) is 1.96. The molecule has 2 amide bonds. The van der Waals surface area contributed by atoms with Crippen LogP contribution in [0.1, 0.15) is 23.4 Å². The average Bonchev–Trinajstić information content (AvgIpc) is 3.21. The Labute approximate surface area is 160 Å². The van der Waals surface area contributed by atoms with Crippen molar-refractivity contribution in [2.45, 2.75) is 30.2 Å². The third-order valence-electron chi connectivity index (χ3n) is 4.29. The zero-order valence-corrected chi connectivity index (χ0v) is 15.5. The zero-order valence-electron chi connectivity index (χ0n) is 14.7. The number of aromatic nitrogens is 2. The molecule has 0 aliphatic carbocycles. The molecule has 1 aromatic heterocycles. The first-order chi connectivity index (χ1) is 13.1. The van der Waals surface area contributed by atoms with Crippen LogP contribution in [0.5, 0.6) is 0 Å². The number of nitrogens with zero attached hydrogens (tertiary/aromatic N) is 3. The van der Waals surface area contributed by atoms with E-state index in [4.69, 9.17) is 4.42 Å². The fourth-order valence-corrected chi connectivity index (χ4v) is 3.82. The molecule has 2 aromatic carbocycles. The number of hydrogen-bond acceptors (Lipinski definition) is 6. The summed E-state index contributed by atoms with van der Waals surface area (Å²) < 4.78 is 5.65. The largest absolute Gasteiger partial charge is 0.416 e. The van der Waals surface area contributed by atoms with Crippen molar-refractivity contribution in [2.75, 3.05) is 4.90 Å². The molecule has 7 heteroatoms. The maximum atomic E-state index is 12.7. The first-order valence-electron chi connectivity index (χ1n) is 8.56. The molecule has 2 heterocycles. The number of benzene rings is 2. The molecule has 1 unspecified atom stereocenters. The van der Waals surface area contributed by atoms with Gasteiger partial charge in [-0.15, -0.1) is 10.2 Å². The lowest BCUT2D eigenvalue weighted by atomic mass is 10.2. The third-order valence-corrected chi connectivity index (χ3v) is 5.31. The topological polar surface area (TPSA) is 76.3 Å². The van der Waals surface area contributed by atoms with Gasteiger partial charge in [0.05, 0.1) is 12.1 Å². The Morgan fingerprint density at radius 2 is 1.81 bits per heavy atom. The molecule has 0 spiro atoms. The van der Waals surface area contributed by atoms with Crippen LogP contribution in [-0.2, 0) is 16.0 Å². The first kappa shape index (κ1) is 17.5. The van der Waals surface area contributed by atoms with E-state index < -0.39 is 5.25 Å². The minimum Gasteiger partial charge on any atom is -0.416 e. The van der Waals surface area contributed by atoms with Crippen LogP contribution >= 0.6 is 11.8 Å². The summed E-state index contributed by atoms with van der Waals surface area (Å²) in [5, 5.41) is 7.80. The molecule has 4 rings (SSSR count). The second-order valence-electron chi connectivity index (χ2n) is 6.34. The number of imide groups is 1. The Morgan fingerprint density at radius 3 is 2.56 bits per heavy atom. The number of carbonyl (C=O) groups excluding carboxylic acids is 2. The molecule has 1 fully saturated rings. The molecule has 1 atom stereocenters. The molecule has 1 aliphatic rings. The van der Waals surface area contributed by atoms with Crippen LogP contribution in [0.15, 0.2) is 64.2 Å². The molecule has 0 bridgehead atoms. The zero-order chi connectivity index (χ0) is 18.8. The van der Waals surface area contributed by atoms with Crippen molar-refractivity contribution in [3.8, 4) is 0 Å². The van der Waals surface area contributed by atoms with E-state index in [2.05, 4.69) is 10.2 Å². The van der Waals surface area contributed by atoms with Crippen LogP contribution in [0.2, 0.25) is 0 Å². The van der Waals surface area contributed by atoms with Gasteiger partial charge in [-0.3, -0.25) is 9.59 Å². The first-order valence-corrected chi connectivity index (χ1v) is 9.44. The highest BCUT2D eigenvalue weighted by atomic mass is 32.2. The normalized spacial score (nSPS) is 16.9. The molecular weight excluding hydrogens is 362 g/mol. The number of amides is 2. The molecule has 3 aromatic rings. The van der Waals surface area contributed by atoms with Gasteiger partial charge >= 0.3 is 0 Å². The van der Waals surface area contributed by atoms with Crippen LogP contribution in [0.25, 0.3) is 0 Å². The summed E-state index contributed by atoms with van der Waals surface area (Å²) in [7, 11) is 0. The molecule has 27 heavy (non-hydrogen) atoms. The Hall–Kier alpha value is -2.93. The minimum atomic E-state index is -0.552. The fraction of sp³-hybridized carbons (Fsp3) is 0.200. The molecular formula is C20H17N3O3S. The SMILES string of the molecule is Cc1ccc(N2C(=O)CC(Sc3nnc(Cc4ccccc4)o3)C2=O)cc1. The van der Waals surface area contributed by atoms with Crippen molar-refractivity contribution in [2.24, 2.45) is 0 Å². The summed E-state index contributed by atoms with van der Waals surface area (Å²) in [6.07, 6.45) is 0.648. The van der Waals surface area contributed by atoms with Gasteiger partial charge in [-0.2, -0.15) is 0 Å². The summed E-state index contributed by atoms with van der Waals surface area (Å²) in [6, 6.07) is 17.1. The lowest BCUT2D eigenvalue weighted by Gasteiger charge is -2.14. The van der Waals surface area contributed by atoms with Crippen molar-refractivity contribution in [1.29, 1.82) is 0 Å². The number of aryl methyl sites for hydroxylation is 1. The van der Waals surface area contributed by atoms with Gasteiger partial charge in [0.1, 0.15) is 5.25 Å². The highest BCUT2D eigenvalue weighted by Gasteiger charge is 2.41. The maximum Gasteiger partial charge on any atom is 0.277 e. The van der Waals surface area contributed by atoms with Gasteiger partial charge in [-0.05, 0) is 24.6 Å². The van der Waals surface area contributed by atoms with E-state index in [-0.39, 0.29) is 18.2 Å². The molecule has 0 N–H and O–H groups in total. The van der Waals surface area contributed by atoms with Gasteiger partial charge in [0.2, 0.25) is 17.7 Å². The van der Waals surface area contributed by atoms with E-state index in [0.29, 0.717) is 23.2 Å². The molecule has 136 valence electrons. The van der Waals surface area contributed by atoms with Crippen LogP contribution in [0.4, 0.5) is 5.69 Å². The summed E-state index contributed by atoms with van der Waals surface area (Å²) in [4.78, 5) is 26.3. The van der Waals surface area contributed by atoms with Gasteiger partial charge in [-0.25, -0.2) is 4.90 Å². The predicted octanol–water partition coefficient (Wildman–Crippen LogP) is 3.39. The van der Waals surface area contributed by atoms with Gasteiger partial charge in [0.15, 0.2) is 0 Å². The maximum absolute atomic E-state index is 12.7. The van der Waals surface area contributed by atoms with Crippen molar-refractivity contribution in [1.82, 2.24) is 10.2 Å². The van der Waals surface area contributed by atoms with E-state index in [1.54, 1.807) is 12.1 Å². The van der Waals surface area contributed by atoms with Gasteiger partial charge in [0.25, 0.3) is 5.22 Å². The van der Waals surface area contributed by atoms with Crippen LogP contribution < -0.4 is 4.90 Å². The second-order valence-corrected chi connectivity index (χ2v) is 7.49. The Balaban J connectivity index is 1.45. The Morgan fingerprint density at radius 1 is 1.07 bits per heavy atom. The summed E-state index contributed by atoms with van der Waals surface area (Å²) in [5.74, 6) is 0.0119. The smallest absolute Gasteiger partial charge is 0.277 e. The van der Waals surface area contributed by atoms with E-state index in [1.165, 1.54) is 4.90 Å². The highest BCUT2D eigenvalue weighted by Crippen LogP contribution is 2.33. The van der Waals surface area contributed by atoms with Gasteiger partial charge in [0, 0.05) is 6.42 Å². The number of carbonyl (C=O) groups is 2. The predicted molar refractivity (Wildman–Crippen MR) is 101 cm³/mol. The Bertz CT molecular complexity index is 970. The van der Waals surface area contributed by atoms with Gasteiger partial charge in [-0.1, -0.05) is 59.8 Å². The van der Waals surface area contributed by atoms with Crippen molar-refractivity contribution < 1.29 is 14.0 Å². The third kappa shape index (κ3) is 3.78. The van der Waals surface area contributed by atoms with Gasteiger partial charge < -0.3 is 4.42 Å². The second kappa shape index (κ2) is 7.36. The molecule has 0 radical (unpaired) electrons. The van der Waals surface area contributed by atoms with E-state index >= 15 is 0 Å². The monoisotopic (exact) mass is 379 g/mol. The van der Waals surface area contributed by atoms with Crippen LogP contribution in [0, 0.1) is 6.92 Å². The highest BCUT2D eigenvalue weighted by molar-refractivity contribution is 8.00. The van der Waals surface area contributed by atoms with Crippen molar-refractivity contribution in [3.63, 3.8) is 0 Å². The number of thioether (sulfide) groups is 1. The quantitative estimate of drug-likeness (QED) is 0.633. The van der Waals surface area contributed by atoms with Crippen LogP contribution in [-0.4, -0.2) is 27.3 Å². The van der Waals surface area contributed by atoms with Crippen molar-refractivity contribution >= 4 is 29.3 Å². The average molecular weight is 379 g/mol. The molecule has 1 aliphatic heterocycles. The Kier molecular flexibility index (Phi) is 4.77. The lowest BCUT2D eigenvalue weighted by Crippen LogP contribution is -2.31. The molecule has 0 saturated carbocycles. The van der Waals surface area contributed by atoms with Crippen molar-refractivity contribution in [3.05, 3.63) is 71.6 Å². The van der Waals surface area contributed by atoms with E-state index in [9.17, 15) is 9.59 Å². The number of hydrogen-bond donors (Lipinski definition) is 0. The van der Waals surface area contributed by atoms with Crippen LogP contribution in [0.3, 0.4) is 0 Å². The lowest BCUT2D eigenvalue weighted by molar-refractivity contribution is -0.121.